The summed E-state index contributed by atoms with van der Waals surface area (Å²) in [6, 6.07) is 12.5. The lowest BCUT2D eigenvalue weighted by molar-refractivity contribution is -0.121. The zero-order valence-corrected chi connectivity index (χ0v) is 16.0. The highest BCUT2D eigenvalue weighted by atomic mass is 16.5. The van der Waals surface area contributed by atoms with Crippen molar-refractivity contribution in [2.75, 3.05) is 13.2 Å². The molecule has 0 radical (unpaired) electrons. The van der Waals surface area contributed by atoms with E-state index >= 15 is 0 Å². The Hall–Kier alpha value is -3.35. The van der Waals surface area contributed by atoms with Crippen LogP contribution in [0.15, 0.2) is 52.1 Å². The van der Waals surface area contributed by atoms with E-state index in [1.54, 1.807) is 24.3 Å². The Morgan fingerprint density at radius 1 is 1.04 bits per heavy atom. The van der Waals surface area contributed by atoms with Gasteiger partial charge in [-0.15, -0.1) is 0 Å². The number of carbonyl (C=O) groups is 1. The number of aromatic nitrogens is 2. The first-order chi connectivity index (χ1) is 13.5. The molecule has 0 saturated carbocycles. The van der Waals surface area contributed by atoms with E-state index in [1.807, 2.05) is 32.0 Å². The van der Waals surface area contributed by atoms with Crippen LogP contribution in [-0.2, 0) is 11.3 Å². The number of benzene rings is 2. The Labute approximate surface area is 161 Å². The molecule has 7 heteroatoms. The summed E-state index contributed by atoms with van der Waals surface area (Å²) in [7, 11) is 0. The number of nitrogens with zero attached hydrogens (tertiary/aromatic N) is 1. The molecule has 0 aliphatic rings. The van der Waals surface area contributed by atoms with Gasteiger partial charge in [0.25, 0.3) is 11.1 Å². The lowest BCUT2D eigenvalue weighted by atomic mass is 10.1. The normalized spacial score (nSPS) is 10.8. The Balaban J connectivity index is 1.52. The number of hydrogen-bond donors (Lipinski definition) is 2. The smallest absolute Gasteiger partial charge is 0.273 e. The molecule has 7 nitrogen and oxygen atoms in total. The molecule has 0 atom stereocenters. The van der Waals surface area contributed by atoms with Crippen molar-refractivity contribution >= 4 is 16.7 Å². The zero-order chi connectivity index (χ0) is 20.1. The van der Waals surface area contributed by atoms with Crippen LogP contribution >= 0.6 is 0 Å². The fourth-order valence-electron chi connectivity index (χ4n) is 3.08. The molecular weight excluding hydrogens is 358 g/mol. The molecule has 0 bridgehead atoms. The molecule has 0 aliphatic heterocycles. The fourth-order valence-corrected chi connectivity index (χ4v) is 3.08. The summed E-state index contributed by atoms with van der Waals surface area (Å²) in [5.41, 5.74) is 1.43. The Bertz CT molecular complexity index is 1090. The van der Waals surface area contributed by atoms with Crippen molar-refractivity contribution in [1.29, 1.82) is 0 Å². The first-order valence-corrected chi connectivity index (χ1v) is 9.15. The summed E-state index contributed by atoms with van der Waals surface area (Å²) in [5.74, 6) is 0.614. The van der Waals surface area contributed by atoms with E-state index in [9.17, 15) is 14.4 Å². The van der Waals surface area contributed by atoms with Gasteiger partial charge in [0.2, 0.25) is 5.91 Å². The predicted molar refractivity (Wildman–Crippen MR) is 108 cm³/mol. The Morgan fingerprint density at radius 3 is 2.43 bits per heavy atom. The van der Waals surface area contributed by atoms with Crippen LogP contribution in [-0.4, -0.2) is 28.8 Å². The monoisotopic (exact) mass is 381 g/mol. The van der Waals surface area contributed by atoms with Gasteiger partial charge in [0, 0.05) is 6.42 Å². The van der Waals surface area contributed by atoms with Gasteiger partial charge >= 0.3 is 0 Å². The number of aromatic amines is 1. The van der Waals surface area contributed by atoms with E-state index in [-0.39, 0.29) is 30.0 Å². The number of ether oxygens (including phenoxy) is 1. The maximum Gasteiger partial charge on any atom is 0.273 e. The Morgan fingerprint density at radius 2 is 1.71 bits per heavy atom. The second kappa shape index (κ2) is 8.56. The van der Waals surface area contributed by atoms with Gasteiger partial charge in [-0.05, 0) is 37.1 Å². The quantitative estimate of drug-likeness (QED) is 0.611. The third kappa shape index (κ3) is 4.31. The maximum absolute atomic E-state index is 12.4. The lowest BCUT2D eigenvalue weighted by Crippen LogP contribution is -2.33. The Kier molecular flexibility index (Phi) is 5.93. The summed E-state index contributed by atoms with van der Waals surface area (Å²) in [6.07, 6.45) is 0.0809. The van der Waals surface area contributed by atoms with Gasteiger partial charge in [-0.1, -0.05) is 30.3 Å². The number of nitrogens with one attached hydrogen (secondary N) is 2. The summed E-state index contributed by atoms with van der Waals surface area (Å²) in [4.78, 5) is 36.5. The summed E-state index contributed by atoms with van der Waals surface area (Å²) >= 11 is 0. The number of amides is 1. The van der Waals surface area contributed by atoms with Gasteiger partial charge in [0.1, 0.15) is 12.4 Å². The van der Waals surface area contributed by atoms with Crippen molar-refractivity contribution in [3.63, 3.8) is 0 Å². The third-order valence-electron chi connectivity index (χ3n) is 4.53. The molecule has 28 heavy (non-hydrogen) atoms. The molecule has 2 aromatic carbocycles. The van der Waals surface area contributed by atoms with Crippen LogP contribution in [0.2, 0.25) is 0 Å². The average Bonchev–Trinajstić information content (AvgIpc) is 2.68. The largest absolute Gasteiger partial charge is 0.491 e. The van der Waals surface area contributed by atoms with Crippen LogP contribution in [0.1, 0.15) is 17.5 Å². The minimum absolute atomic E-state index is 0.0809. The van der Waals surface area contributed by atoms with Crippen molar-refractivity contribution in [1.82, 2.24) is 15.1 Å². The van der Waals surface area contributed by atoms with Gasteiger partial charge in [-0.3, -0.25) is 19.5 Å². The number of carbonyl (C=O) groups excluding carboxylic acids is 1. The first kappa shape index (κ1) is 19.4. The molecule has 1 heterocycles. The van der Waals surface area contributed by atoms with E-state index in [1.165, 1.54) is 4.68 Å². The van der Waals surface area contributed by atoms with E-state index in [0.29, 0.717) is 23.9 Å². The van der Waals surface area contributed by atoms with Crippen molar-refractivity contribution in [3.8, 4) is 5.75 Å². The number of aryl methyl sites for hydroxylation is 3. The topological polar surface area (TPSA) is 93.2 Å². The zero-order valence-electron chi connectivity index (χ0n) is 16.0. The molecule has 0 saturated heterocycles. The van der Waals surface area contributed by atoms with Crippen LogP contribution in [0.25, 0.3) is 10.8 Å². The molecular formula is C21H23N3O4. The molecule has 1 amide bonds. The summed E-state index contributed by atoms with van der Waals surface area (Å²) in [5, 5.41) is 5.97. The molecule has 1 aromatic heterocycles. The van der Waals surface area contributed by atoms with E-state index in [2.05, 4.69) is 10.4 Å². The SMILES string of the molecule is Cc1cccc(C)c1OCCNC(=O)CCn1[nH]c(=O)c2ccccc2c1=O. The highest BCUT2D eigenvalue weighted by molar-refractivity contribution is 5.80. The van der Waals surface area contributed by atoms with Crippen LogP contribution in [0.4, 0.5) is 0 Å². The van der Waals surface area contributed by atoms with E-state index in [0.717, 1.165) is 16.9 Å². The molecule has 146 valence electrons. The third-order valence-corrected chi connectivity index (χ3v) is 4.53. The number of hydrogen-bond acceptors (Lipinski definition) is 4. The first-order valence-electron chi connectivity index (χ1n) is 9.15. The van der Waals surface area contributed by atoms with E-state index in [4.69, 9.17) is 4.74 Å². The number of fused-ring (bicyclic) bond motifs is 1. The second-order valence-electron chi connectivity index (χ2n) is 6.61. The molecule has 3 rings (SSSR count). The number of rotatable bonds is 7. The minimum atomic E-state index is -0.349. The highest BCUT2D eigenvalue weighted by Crippen LogP contribution is 2.21. The number of para-hydroxylation sites is 1. The van der Waals surface area contributed by atoms with Crippen LogP contribution in [0.3, 0.4) is 0 Å². The van der Waals surface area contributed by atoms with Crippen LogP contribution < -0.4 is 21.2 Å². The fraction of sp³-hybridized carbons (Fsp3) is 0.286. The van der Waals surface area contributed by atoms with Gasteiger partial charge < -0.3 is 10.1 Å². The molecule has 0 spiro atoms. The average molecular weight is 381 g/mol. The van der Waals surface area contributed by atoms with Gasteiger partial charge in [-0.25, -0.2) is 4.68 Å². The van der Waals surface area contributed by atoms with Crippen molar-refractivity contribution in [2.45, 2.75) is 26.8 Å². The lowest BCUT2D eigenvalue weighted by Gasteiger charge is -2.12. The van der Waals surface area contributed by atoms with Crippen LogP contribution in [0.5, 0.6) is 5.75 Å². The minimum Gasteiger partial charge on any atom is -0.491 e. The molecule has 0 unspecified atom stereocenters. The van der Waals surface area contributed by atoms with Gasteiger partial charge in [0.15, 0.2) is 0 Å². The predicted octanol–water partition coefficient (Wildman–Crippen LogP) is 1.89. The second-order valence-corrected chi connectivity index (χ2v) is 6.61. The van der Waals surface area contributed by atoms with Crippen molar-refractivity contribution in [2.24, 2.45) is 0 Å². The highest BCUT2D eigenvalue weighted by Gasteiger charge is 2.09. The van der Waals surface area contributed by atoms with E-state index < -0.39 is 0 Å². The molecule has 2 N–H and O–H groups in total. The van der Waals surface area contributed by atoms with Crippen LogP contribution in [0, 0.1) is 13.8 Å². The van der Waals surface area contributed by atoms with Gasteiger partial charge in [-0.2, -0.15) is 0 Å². The molecule has 3 aromatic rings. The molecule has 0 aliphatic carbocycles. The summed E-state index contributed by atoms with van der Waals surface area (Å²) in [6.45, 7) is 4.76. The maximum atomic E-state index is 12.4. The molecule has 0 fully saturated rings. The van der Waals surface area contributed by atoms with Gasteiger partial charge in [0.05, 0.1) is 23.9 Å². The standard InChI is InChI=1S/C21H23N3O4/c1-14-6-5-7-15(2)19(14)28-13-11-22-18(25)10-12-24-21(27)17-9-4-3-8-16(17)20(26)23-24/h3-9H,10-13H2,1-2H3,(H,22,25)(H,23,26). The van der Waals surface area contributed by atoms with Crippen molar-refractivity contribution in [3.05, 3.63) is 74.3 Å². The van der Waals surface area contributed by atoms with Crippen molar-refractivity contribution < 1.29 is 9.53 Å². The summed E-state index contributed by atoms with van der Waals surface area (Å²) < 4.78 is 6.92. The number of H-pyrrole nitrogens is 1.